The van der Waals surface area contributed by atoms with Crippen molar-refractivity contribution in [1.29, 1.82) is 5.26 Å². The first-order chi connectivity index (χ1) is 10.9. The van der Waals surface area contributed by atoms with Gasteiger partial charge in [0.05, 0.1) is 11.3 Å². The van der Waals surface area contributed by atoms with Crippen LogP contribution in [0.1, 0.15) is 49.9 Å². The second-order valence-electron chi connectivity index (χ2n) is 6.60. The van der Waals surface area contributed by atoms with Crippen LogP contribution in [-0.4, -0.2) is 22.7 Å². The molecule has 1 saturated carbocycles. The van der Waals surface area contributed by atoms with E-state index in [1.54, 1.807) is 0 Å². The zero-order chi connectivity index (χ0) is 17.0. The molecule has 0 aromatic carbocycles. The van der Waals surface area contributed by atoms with Crippen LogP contribution < -0.4 is 5.32 Å². The molecule has 1 aromatic rings. The molecule has 23 heavy (non-hydrogen) atoms. The highest BCUT2D eigenvalue weighted by atomic mass is 32.2. The van der Waals surface area contributed by atoms with Crippen LogP contribution in [0.15, 0.2) is 11.1 Å². The van der Waals surface area contributed by atoms with Crippen molar-refractivity contribution < 1.29 is 4.79 Å². The number of hydrogen-bond donors (Lipinski definition) is 1. The highest BCUT2D eigenvalue weighted by Crippen LogP contribution is 2.30. The number of rotatable bonds is 4. The van der Waals surface area contributed by atoms with Gasteiger partial charge < -0.3 is 5.32 Å². The molecule has 4 nitrogen and oxygen atoms in total. The maximum atomic E-state index is 12.3. The third-order valence-corrected chi connectivity index (χ3v) is 5.79. The number of hydrogen-bond acceptors (Lipinski definition) is 4. The van der Waals surface area contributed by atoms with Crippen LogP contribution in [0.4, 0.5) is 0 Å². The van der Waals surface area contributed by atoms with Crippen LogP contribution in [-0.2, 0) is 4.79 Å². The van der Waals surface area contributed by atoms with Gasteiger partial charge in [0.15, 0.2) is 0 Å². The highest BCUT2D eigenvalue weighted by molar-refractivity contribution is 8.00. The lowest BCUT2D eigenvalue weighted by molar-refractivity contribution is -0.119. The van der Waals surface area contributed by atoms with Crippen LogP contribution in [0.25, 0.3) is 0 Å². The molecule has 1 N–H and O–H groups in total. The van der Waals surface area contributed by atoms with Crippen LogP contribution >= 0.6 is 11.8 Å². The Balaban J connectivity index is 1.96. The Kier molecular flexibility index (Phi) is 6.06. The average Bonchev–Trinajstić information content (AvgIpc) is 2.49. The predicted molar refractivity (Wildman–Crippen MR) is 93.3 cm³/mol. The topological polar surface area (TPSA) is 65.8 Å². The van der Waals surface area contributed by atoms with Crippen molar-refractivity contribution in [2.45, 2.75) is 58.0 Å². The molecule has 124 valence electrons. The standard InChI is InChI=1S/C18H25N3OS/c1-11-6-5-7-16(14(11)4)21-17(22)10-23-18-15(9-19)12(2)8-13(3)20-18/h8,11,14,16H,5-7,10H2,1-4H3,(H,21,22)/t11-,14+,16+/m1/s1. The Bertz CT molecular complexity index is 623. The van der Waals surface area contributed by atoms with Gasteiger partial charge in [-0.1, -0.05) is 38.5 Å². The highest BCUT2D eigenvalue weighted by Gasteiger charge is 2.28. The SMILES string of the molecule is Cc1cc(C)c(C#N)c(SCC(=O)N[C@H]2CCC[C@@H](C)[C@@H]2C)n1. The van der Waals surface area contributed by atoms with Gasteiger partial charge in [0.2, 0.25) is 5.91 Å². The summed E-state index contributed by atoms with van der Waals surface area (Å²) in [7, 11) is 0. The molecule has 0 unspecified atom stereocenters. The normalized spacial score (nSPS) is 24.0. The Morgan fingerprint density at radius 2 is 2.17 bits per heavy atom. The molecule has 1 aromatic heterocycles. The minimum atomic E-state index is 0.0331. The zero-order valence-corrected chi connectivity index (χ0v) is 15.2. The van der Waals surface area contributed by atoms with Gasteiger partial charge in [-0.15, -0.1) is 0 Å². The molecular formula is C18H25N3OS. The zero-order valence-electron chi connectivity index (χ0n) is 14.3. The molecule has 2 rings (SSSR count). The van der Waals surface area contributed by atoms with Crippen LogP contribution in [0, 0.1) is 37.0 Å². The number of amides is 1. The van der Waals surface area contributed by atoms with Gasteiger partial charge in [-0.3, -0.25) is 4.79 Å². The van der Waals surface area contributed by atoms with E-state index in [0.29, 0.717) is 28.2 Å². The lowest BCUT2D eigenvalue weighted by atomic mass is 9.78. The van der Waals surface area contributed by atoms with E-state index in [0.717, 1.165) is 17.7 Å². The van der Waals surface area contributed by atoms with E-state index in [1.807, 2.05) is 19.9 Å². The summed E-state index contributed by atoms with van der Waals surface area (Å²) in [6.45, 7) is 8.30. The molecule has 0 aliphatic heterocycles. The van der Waals surface area contributed by atoms with Crippen molar-refractivity contribution in [1.82, 2.24) is 10.3 Å². The van der Waals surface area contributed by atoms with Crippen molar-refractivity contribution in [3.63, 3.8) is 0 Å². The molecule has 5 heteroatoms. The first kappa shape index (κ1) is 17.8. The summed E-state index contributed by atoms with van der Waals surface area (Å²) in [5.41, 5.74) is 2.37. The molecule has 3 atom stereocenters. The van der Waals surface area contributed by atoms with Crippen LogP contribution in [0.3, 0.4) is 0 Å². The Morgan fingerprint density at radius 1 is 1.43 bits per heavy atom. The minimum absolute atomic E-state index is 0.0331. The average molecular weight is 331 g/mol. The molecule has 1 aliphatic rings. The molecular weight excluding hydrogens is 306 g/mol. The third kappa shape index (κ3) is 4.48. The van der Waals surface area contributed by atoms with Gasteiger partial charge in [0.1, 0.15) is 11.1 Å². The number of carbonyl (C=O) groups is 1. The van der Waals surface area contributed by atoms with E-state index in [2.05, 4.69) is 30.2 Å². The molecule has 0 bridgehead atoms. The van der Waals surface area contributed by atoms with Gasteiger partial charge >= 0.3 is 0 Å². The summed E-state index contributed by atoms with van der Waals surface area (Å²) in [5.74, 6) is 1.52. The number of nitrogens with zero attached hydrogens (tertiary/aromatic N) is 2. The first-order valence-corrected chi connectivity index (χ1v) is 9.21. The number of aryl methyl sites for hydroxylation is 2. The summed E-state index contributed by atoms with van der Waals surface area (Å²) in [6, 6.07) is 4.36. The number of nitriles is 1. The van der Waals surface area contributed by atoms with Crippen molar-refractivity contribution in [3.8, 4) is 6.07 Å². The number of thioether (sulfide) groups is 1. The fourth-order valence-electron chi connectivity index (χ4n) is 3.21. The van der Waals surface area contributed by atoms with Crippen molar-refractivity contribution in [3.05, 3.63) is 22.9 Å². The first-order valence-electron chi connectivity index (χ1n) is 8.23. The van der Waals surface area contributed by atoms with Crippen molar-refractivity contribution in [2.24, 2.45) is 11.8 Å². The molecule has 1 amide bonds. The van der Waals surface area contributed by atoms with Crippen LogP contribution in [0.5, 0.6) is 0 Å². The third-order valence-electron chi connectivity index (χ3n) is 4.82. The largest absolute Gasteiger partial charge is 0.352 e. The quantitative estimate of drug-likeness (QED) is 0.856. The molecule has 0 radical (unpaired) electrons. The Hall–Kier alpha value is -1.54. The van der Waals surface area contributed by atoms with E-state index >= 15 is 0 Å². The van der Waals surface area contributed by atoms with E-state index in [1.165, 1.54) is 24.6 Å². The summed E-state index contributed by atoms with van der Waals surface area (Å²) >= 11 is 1.35. The van der Waals surface area contributed by atoms with Crippen molar-refractivity contribution >= 4 is 17.7 Å². The number of carbonyl (C=O) groups excluding carboxylic acids is 1. The van der Waals surface area contributed by atoms with Gasteiger partial charge in [-0.2, -0.15) is 5.26 Å². The summed E-state index contributed by atoms with van der Waals surface area (Å²) in [6.07, 6.45) is 3.49. The maximum Gasteiger partial charge on any atom is 0.230 e. The summed E-state index contributed by atoms with van der Waals surface area (Å²) in [5, 5.41) is 13.1. The number of aromatic nitrogens is 1. The van der Waals surface area contributed by atoms with E-state index in [4.69, 9.17) is 0 Å². The lowest BCUT2D eigenvalue weighted by Crippen LogP contribution is -2.44. The number of pyridine rings is 1. The van der Waals surface area contributed by atoms with Gasteiger partial charge in [0.25, 0.3) is 0 Å². The predicted octanol–water partition coefficient (Wildman–Crippen LogP) is 3.60. The molecule has 0 spiro atoms. The summed E-state index contributed by atoms with van der Waals surface area (Å²) in [4.78, 5) is 16.7. The number of nitrogens with one attached hydrogen (secondary N) is 1. The molecule has 0 saturated heterocycles. The fraction of sp³-hybridized carbons (Fsp3) is 0.611. The second kappa shape index (κ2) is 7.83. The van der Waals surface area contributed by atoms with E-state index in [9.17, 15) is 10.1 Å². The Labute approximate surface area is 143 Å². The van der Waals surface area contributed by atoms with Gasteiger partial charge in [-0.05, 0) is 43.7 Å². The fourth-order valence-corrected chi connectivity index (χ4v) is 4.12. The van der Waals surface area contributed by atoms with Gasteiger partial charge in [0, 0.05) is 11.7 Å². The minimum Gasteiger partial charge on any atom is -0.352 e. The van der Waals surface area contributed by atoms with E-state index in [-0.39, 0.29) is 11.9 Å². The smallest absolute Gasteiger partial charge is 0.230 e. The van der Waals surface area contributed by atoms with Gasteiger partial charge in [-0.25, -0.2) is 4.98 Å². The molecule has 1 fully saturated rings. The Morgan fingerprint density at radius 3 is 2.87 bits per heavy atom. The maximum absolute atomic E-state index is 12.3. The molecule has 1 aliphatic carbocycles. The van der Waals surface area contributed by atoms with E-state index < -0.39 is 0 Å². The second-order valence-corrected chi connectivity index (χ2v) is 7.57. The lowest BCUT2D eigenvalue weighted by Gasteiger charge is -2.34. The van der Waals surface area contributed by atoms with Crippen molar-refractivity contribution in [2.75, 3.05) is 5.75 Å². The monoisotopic (exact) mass is 331 g/mol. The summed E-state index contributed by atoms with van der Waals surface area (Å²) < 4.78 is 0. The molecule has 1 heterocycles. The van der Waals surface area contributed by atoms with Crippen LogP contribution in [0.2, 0.25) is 0 Å².